The van der Waals surface area contributed by atoms with Crippen LogP contribution in [0.25, 0.3) is 11.3 Å². The predicted molar refractivity (Wildman–Crippen MR) is 58.1 cm³/mol. The molecule has 0 aliphatic rings. The Hall–Kier alpha value is -1.91. The van der Waals surface area contributed by atoms with Gasteiger partial charge in [0.25, 0.3) is 0 Å². The van der Waals surface area contributed by atoms with Gasteiger partial charge < -0.3 is 10.3 Å². The van der Waals surface area contributed by atoms with Gasteiger partial charge >= 0.3 is 0 Å². The first kappa shape index (κ1) is 10.6. The minimum Gasteiger partial charge on any atom is -0.381 e. The maximum absolute atomic E-state index is 13.5. The third kappa shape index (κ3) is 1.76. The van der Waals surface area contributed by atoms with Crippen LogP contribution >= 0.6 is 0 Å². The minimum absolute atomic E-state index is 0.327. The molecule has 84 valence electrons. The van der Waals surface area contributed by atoms with Crippen molar-refractivity contribution in [2.45, 2.75) is 19.8 Å². The lowest BCUT2D eigenvalue weighted by Crippen LogP contribution is -1.94. The zero-order valence-corrected chi connectivity index (χ0v) is 8.90. The summed E-state index contributed by atoms with van der Waals surface area (Å²) >= 11 is 0. The highest BCUT2D eigenvalue weighted by Crippen LogP contribution is 2.30. The summed E-state index contributed by atoms with van der Waals surface area (Å²) in [5.74, 6) is 0.295. The molecule has 0 unspecified atom stereocenters. The molecule has 0 amide bonds. The quantitative estimate of drug-likeness (QED) is 0.864. The number of nitrogens with zero attached hydrogens (tertiary/aromatic N) is 2. The fraction of sp³-hybridized carbons (Fsp3) is 0.273. The van der Waals surface area contributed by atoms with E-state index in [-0.39, 0.29) is 0 Å². The number of hydrogen-bond acceptors (Lipinski definition) is 4. The van der Waals surface area contributed by atoms with Crippen LogP contribution in [0.4, 0.5) is 10.2 Å². The second-order valence-corrected chi connectivity index (χ2v) is 3.48. The number of halogens is 1. The minimum atomic E-state index is -0.434. The van der Waals surface area contributed by atoms with E-state index in [1.165, 1.54) is 6.20 Å². The lowest BCUT2D eigenvalue weighted by molar-refractivity contribution is 0.432. The van der Waals surface area contributed by atoms with Gasteiger partial charge in [0.05, 0.1) is 11.8 Å². The van der Waals surface area contributed by atoms with Crippen molar-refractivity contribution in [2.75, 3.05) is 5.73 Å². The number of hydrogen-bond donors (Lipinski definition) is 1. The van der Waals surface area contributed by atoms with Gasteiger partial charge in [0.1, 0.15) is 0 Å². The van der Waals surface area contributed by atoms with Gasteiger partial charge in [0, 0.05) is 11.8 Å². The molecule has 2 heterocycles. The second kappa shape index (κ2) is 4.30. The molecule has 0 aliphatic heterocycles. The highest BCUT2D eigenvalue weighted by molar-refractivity contribution is 5.66. The summed E-state index contributed by atoms with van der Waals surface area (Å²) in [5, 5.41) is 3.67. The molecule has 0 saturated carbocycles. The summed E-state index contributed by atoms with van der Waals surface area (Å²) < 4.78 is 18.6. The van der Waals surface area contributed by atoms with Crippen molar-refractivity contribution in [3.8, 4) is 11.3 Å². The van der Waals surface area contributed by atoms with Crippen molar-refractivity contribution < 1.29 is 8.91 Å². The molecule has 2 N–H and O–H groups in total. The Labute approximate surface area is 92.3 Å². The van der Waals surface area contributed by atoms with Crippen molar-refractivity contribution in [1.29, 1.82) is 0 Å². The molecule has 2 aromatic rings. The Morgan fingerprint density at radius 2 is 2.31 bits per heavy atom. The third-order valence-electron chi connectivity index (χ3n) is 2.34. The average molecular weight is 221 g/mol. The number of rotatable bonds is 3. The van der Waals surface area contributed by atoms with Gasteiger partial charge in [0.15, 0.2) is 17.4 Å². The van der Waals surface area contributed by atoms with Crippen LogP contribution in [0, 0.1) is 5.82 Å². The topological polar surface area (TPSA) is 64.9 Å². The highest BCUT2D eigenvalue weighted by Gasteiger charge is 2.17. The number of nitrogens with two attached hydrogens (primary N) is 1. The monoisotopic (exact) mass is 221 g/mol. The molecular weight excluding hydrogens is 209 g/mol. The van der Waals surface area contributed by atoms with Gasteiger partial charge in [-0.2, -0.15) is 0 Å². The van der Waals surface area contributed by atoms with E-state index in [4.69, 9.17) is 10.3 Å². The summed E-state index contributed by atoms with van der Waals surface area (Å²) in [6.07, 6.45) is 4.26. The van der Waals surface area contributed by atoms with E-state index >= 15 is 0 Å². The lowest BCUT2D eigenvalue weighted by atomic mass is 10.1. The first-order chi connectivity index (χ1) is 7.74. The van der Waals surface area contributed by atoms with Gasteiger partial charge in [-0.15, -0.1) is 0 Å². The highest BCUT2D eigenvalue weighted by atomic mass is 19.1. The zero-order valence-electron chi connectivity index (χ0n) is 8.90. The molecule has 16 heavy (non-hydrogen) atoms. The SMILES string of the molecule is CCCc1c(N)noc1-c1ccncc1F. The number of aromatic nitrogens is 2. The second-order valence-electron chi connectivity index (χ2n) is 3.48. The number of anilines is 1. The average Bonchev–Trinajstić information content (AvgIpc) is 2.62. The number of nitrogen functional groups attached to an aromatic ring is 1. The normalized spacial score (nSPS) is 10.6. The molecule has 0 radical (unpaired) electrons. The maximum Gasteiger partial charge on any atom is 0.175 e. The Kier molecular flexibility index (Phi) is 2.85. The van der Waals surface area contributed by atoms with Crippen molar-refractivity contribution >= 4 is 5.82 Å². The molecule has 0 bridgehead atoms. The Morgan fingerprint density at radius 3 is 3.00 bits per heavy atom. The van der Waals surface area contributed by atoms with E-state index in [2.05, 4.69) is 10.1 Å². The van der Waals surface area contributed by atoms with Gasteiger partial charge in [0.2, 0.25) is 0 Å². The largest absolute Gasteiger partial charge is 0.381 e. The van der Waals surface area contributed by atoms with Gasteiger partial charge in [-0.05, 0) is 12.5 Å². The van der Waals surface area contributed by atoms with Crippen molar-refractivity contribution in [2.24, 2.45) is 0 Å². The molecule has 0 fully saturated rings. The van der Waals surface area contributed by atoms with E-state index in [0.717, 1.165) is 18.2 Å². The smallest absolute Gasteiger partial charge is 0.175 e. The summed E-state index contributed by atoms with van der Waals surface area (Å²) in [4.78, 5) is 3.68. The first-order valence-corrected chi connectivity index (χ1v) is 5.08. The van der Waals surface area contributed by atoms with Crippen LogP contribution < -0.4 is 5.73 Å². The summed E-state index contributed by atoms with van der Waals surface area (Å²) in [6.45, 7) is 2.01. The molecule has 2 aromatic heterocycles. The van der Waals surface area contributed by atoms with Gasteiger partial charge in [-0.3, -0.25) is 4.98 Å². The molecule has 0 aromatic carbocycles. The number of pyridine rings is 1. The molecule has 0 saturated heterocycles. The van der Waals surface area contributed by atoms with E-state index in [9.17, 15) is 4.39 Å². The fourth-order valence-electron chi connectivity index (χ4n) is 1.58. The van der Waals surface area contributed by atoms with E-state index in [1.54, 1.807) is 6.07 Å². The molecule has 0 aliphatic carbocycles. The van der Waals surface area contributed by atoms with Crippen LogP contribution in [-0.4, -0.2) is 10.1 Å². The Bertz CT molecular complexity index is 496. The molecule has 0 spiro atoms. The molecule has 5 heteroatoms. The van der Waals surface area contributed by atoms with E-state index in [0.29, 0.717) is 23.6 Å². The van der Waals surface area contributed by atoms with Crippen LogP contribution in [0.1, 0.15) is 18.9 Å². The van der Waals surface area contributed by atoms with Crippen LogP contribution in [0.3, 0.4) is 0 Å². The maximum atomic E-state index is 13.5. The zero-order chi connectivity index (χ0) is 11.5. The first-order valence-electron chi connectivity index (χ1n) is 5.08. The Morgan fingerprint density at radius 1 is 1.50 bits per heavy atom. The predicted octanol–water partition coefficient (Wildman–Crippen LogP) is 2.41. The van der Waals surface area contributed by atoms with Crippen molar-refractivity contribution in [3.05, 3.63) is 29.8 Å². The van der Waals surface area contributed by atoms with Crippen LogP contribution in [-0.2, 0) is 6.42 Å². The summed E-state index contributed by atoms with van der Waals surface area (Å²) in [7, 11) is 0. The van der Waals surface area contributed by atoms with Crippen LogP contribution in [0.15, 0.2) is 23.0 Å². The standard InChI is InChI=1S/C11H12FN3O/c1-2-3-8-10(16-15-11(8)13)7-4-5-14-6-9(7)12/h4-6H,2-3H2,1H3,(H2,13,15). The molecular formula is C11H12FN3O. The Balaban J connectivity index is 2.52. The van der Waals surface area contributed by atoms with Crippen molar-refractivity contribution in [3.63, 3.8) is 0 Å². The molecule has 0 atom stereocenters. The van der Waals surface area contributed by atoms with Gasteiger partial charge in [-0.25, -0.2) is 4.39 Å². The van der Waals surface area contributed by atoms with E-state index in [1.807, 2.05) is 6.92 Å². The van der Waals surface area contributed by atoms with Gasteiger partial charge in [-0.1, -0.05) is 18.5 Å². The van der Waals surface area contributed by atoms with Crippen LogP contribution in [0.2, 0.25) is 0 Å². The van der Waals surface area contributed by atoms with Crippen molar-refractivity contribution in [1.82, 2.24) is 10.1 Å². The summed E-state index contributed by atoms with van der Waals surface area (Å²) in [6, 6.07) is 1.55. The fourth-order valence-corrected chi connectivity index (χ4v) is 1.58. The molecule has 2 rings (SSSR count). The summed E-state index contributed by atoms with van der Waals surface area (Å²) in [5.41, 5.74) is 6.78. The third-order valence-corrected chi connectivity index (χ3v) is 2.34. The lowest BCUT2D eigenvalue weighted by Gasteiger charge is -2.01. The van der Waals surface area contributed by atoms with Crippen LogP contribution in [0.5, 0.6) is 0 Å². The molecule has 4 nitrogen and oxygen atoms in total. The van der Waals surface area contributed by atoms with E-state index < -0.39 is 5.82 Å².